The first-order chi connectivity index (χ1) is 8.72. The standard InChI is InChI=1S/C13H27NS2.C2H4/c1-3-5-7-9-11-14(13(15)16)12-10-8-6-4-2;1-2/h3-12H2,1-2H3,(H,15,16);1-2H2. The Kier molecular flexibility index (Phi) is 19.2. The van der Waals surface area contributed by atoms with Crippen molar-refractivity contribution in [2.75, 3.05) is 13.1 Å². The fourth-order valence-electron chi connectivity index (χ4n) is 1.76. The first kappa shape index (κ1) is 20.3. The summed E-state index contributed by atoms with van der Waals surface area (Å²) in [6.07, 6.45) is 10.4. The average Bonchev–Trinajstić information content (AvgIpc) is 2.39. The highest BCUT2D eigenvalue weighted by molar-refractivity contribution is 8.10. The van der Waals surface area contributed by atoms with Gasteiger partial charge in [0.15, 0.2) is 0 Å². The molecular weight excluding hydrogens is 258 g/mol. The molecule has 0 radical (unpaired) electrons. The van der Waals surface area contributed by atoms with Gasteiger partial charge >= 0.3 is 0 Å². The van der Waals surface area contributed by atoms with Gasteiger partial charge in [0.1, 0.15) is 4.32 Å². The molecule has 0 aromatic heterocycles. The number of hydrogen-bond donors (Lipinski definition) is 1. The molecule has 18 heavy (non-hydrogen) atoms. The van der Waals surface area contributed by atoms with Gasteiger partial charge in [0, 0.05) is 13.1 Å². The van der Waals surface area contributed by atoms with Crippen LogP contribution in [0.3, 0.4) is 0 Å². The van der Waals surface area contributed by atoms with Crippen LogP contribution in [-0.2, 0) is 0 Å². The summed E-state index contributed by atoms with van der Waals surface area (Å²) in [7, 11) is 0. The summed E-state index contributed by atoms with van der Waals surface area (Å²) in [6.45, 7) is 12.7. The van der Waals surface area contributed by atoms with Crippen molar-refractivity contribution in [1.82, 2.24) is 4.90 Å². The molecule has 0 heterocycles. The van der Waals surface area contributed by atoms with Crippen molar-refractivity contribution in [2.45, 2.75) is 65.2 Å². The van der Waals surface area contributed by atoms with Gasteiger partial charge in [0.2, 0.25) is 0 Å². The van der Waals surface area contributed by atoms with E-state index in [4.69, 9.17) is 12.2 Å². The van der Waals surface area contributed by atoms with Crippen LogP contribution in [0.1, 0.15) is 65.2 Å². The summed E-state index contributed by atoms with van der Waals surface area (Å²) in [5, 5.41) is 0. The maximum Gasteiger partial charge on any atom is 0.133 e. The molecule has 0 rings (SSSR count). The monoisotopic (exact) mass is 289 g/mol. The Morgan fingerprint density at radius 1 is 0.889 bits per heavy atom. The molecule has 0 unspecified atom stereocenters. The molecule has 0 aliphatic carbocycles. The highest BCUT2D eigenvalue weighted by Crippen LogP contribution is 2.07. The van der Waals surface area contributed by atoms with Crippen molar-refractivity contribution in [2.24, 2.45) is 0 Å². The molecule has 0 saturated heterocycles. The van der Waals surface area contributed by atoms with Gasteiger partial charge in [-0.05, 0) is 12.8 Å². The first-order valence-corrected chi connectivity index (χ1v) is 8.05. The van der Waals surface area contributed by atoms with E-state index in [1.807, 2.05) is 0 Å². The van der Waals surface area contributed by atoms with Crippen LogP contribution in [-0.4, -0.2) is 22.3 Å². The van der Waals surface area contributed by atoms with Gasteiger partial charge in [-0.3, -0.25) is 0 Å². The lowest BCUT2D eigenvalue weighted by molar-refractivity contribution is 0.398. The van der Waals surface area contributed by atoms with Gasteiger partial charge in [-0.15, -0.1) is 25.8 Å². The third-order valence-electron chi connectivity index (χ3n) is 2.83. The fourth-order valence-corrected chi connectivity index (χ4v) is 2.14. The smallest absolute Gasteiger partial charge is 0.133 e. The summed E-state index contributed by atoms with van der Waals surface area (Å²) >= 11 is 9.46. The average molecular weight is 290 g/mol. The molecule has 0 atom stereocenters. The van der Waals surface area contributed by atoms with Crippen LogP contribution in [0, 0.1) is 0 Å². The van der Waals surface area contributed by atoms with E-state index < -0.39 is 0 Å². The zero-order valence-electron chi connectivity index (χ0n) is 12.3. The quantitative estimate of drug-likeness (QED) is 0.246. The number of hydrogen-bond acceptors (Lipinski definition) is 1. The zero-order valence-corrected chi connectivity index (χ0v) is 14.0. The summed E-state index contributed by atoms with van der Waals surface area (Å²) in [5.41, 5.74) is 0. The lowest BCUT2D eigenvalue weighted by Crippen LogP contribution is -2.28. The van der Waals surface area contributed by atoms with E-state index in [-0.39, 0.29) is 0 Å². The van der Waals surface area contributed by atoms with Gasteiger partial charge < -0.3 is 4.90 Å². The molecule has 0 aromatic carbocycles. The van der Waals surface area contributed by atoms with Crippen molar-refractivity contribution in [3.63, 3.8) is 0 Å². The maximum atomic E-state index is 5.16. The highest BCUT2D eigenvalue weighted by atomic mass is 32.1. The van der Waals surface area contributed by atoms with E-state index in [1.54, 1.807) is 0 Å². The molecular formula is C15H31NS2. The van der Waals surface area contributed by atoms with Crippen LogP contribution < -0.4 is 0 Å². The van der Waals surface area contributed by atoms with Gasteiger partial charge in [-0.2, -0.15) is 0 Å². The number of rotatable bonds is 10. The van der Waals surface area contributed by atoms with E-state index in [0.29, 0.717) is 0 Å². The second-order valence-corrected chi connectivity index (χ2v) is 5.50. The lowest BCUT2D eigenvalue weighted by atomic mass is 10.2. The normalized spacial score (nSPS) is 9.50. The Bertz CT molecular complexity index is 171. The summed E-state index contributed by atoms with van der Waals surface area (Å²) in [5.74, 6) is 0. The van der Waals surface area contributed by atoms with Gasteiger partial charge in [0.05, 0.1) is 0 Å². The van der Waals surface area contributed by atoms with Crippen LogP contribution in [0.15, 0.2) is 13.2 Å². The van der Waals surface area contributed by atoms with Crippen LogP contribution in [0.4, 0.5) is 0 Å². The molecule has 0 aromatic rings. The van der Waals surface area contributed by atoms with Crippen LogP contribution in [0.2, 0.25) is 0 Å². The molecule has 0 spiro atoms. The predicted octanol–water partition coefficient (Wildman–Crippen LogP) is 5.47. The van der Waals surface area contributed by atoms with Gasteiger partial charge in [-0.1, -0.05) is 64.6 Å². The Labute approximate surface area is 125 Å². The summed E-state index contributed by atoms with van der Waals surface area (Å²) < 4.78 is 0.771. The second kappa shape index (κ2) is 17.0. The van der Waals surface area contributed by atoms with Gasteiger partial charge in [-0.25, -0.2) is 0 Å². The zero-order chi connectivity index (χ0) is 14.2. The van der Waals surface area contributed by atoms with Crippen molar-refractivity contribution < 1.29 is 0 Å². The Morgan fingerprint density at radius 2 is 1.28 bits per heavy atom. The van der Waals surface area contributed by atoms with Crippen LogP contribution >= 0.6 is 24.8 Å². The molecule has 0 saturated carbocycles. The molecule has 1 nitrogen and oxygen atoms in total. The van der Waals surface area contributed by atoms with Crippen LogP contribution in [0.5, 0.6) is 0 Å². The molecule has 0 aliphatic rings. The predicted molar refractivity (Wildman–Crippen MR) is 92.7 cm³/mol. The SMILES string of the molecule is C=C.CCCCCCN(CCCCCC)C(=S)S. The van der Waals surface area contributed by atoms with E-state index in [0.717, 1.165) is 17.4 Å². The first-order valence-electron chi connectivity index (χ1n) is 7.20. The topological polar surface area (TPSA) is 3.24 Å². The number of unbranched alkanes of at least 4 members (excludes halogenated alkanes) is 6. The van der Waals surface area contributed by atoms with Crippen molar-refractivity contribution in [1.29, 1.82) is 0 Å². The molecule has 0 N–H and O–H groups in total. The Balaban J connectivity index is 0. The minimum atomic E-state index is 0.771. The summed E-state index contributed by atoms with van der Waals surface area (Å²) in [6, 6.07) is 0. The van der Waals surface area contributed by atoms with E-state index in [2.05, 4.69) is 44.5 Å². The Morgan fingerprint density at radius 3 is 1.56 bits per heavy atom. The van der Waals surface area contributed by atoms with Gasteiger partial charge in [0.25, 0.3) is 0 Å². The van der Waals surface area contributed by atoms with E-state index in [9.17, 15) is 0 Å². The van der Waals surface area contributed by atoms with Crippen molar-refractivity contribution in [3.8, 4) is 0 Å². The molecule has 3 heteroatoms. The number of thiocarbonyl (C=S) groups is 1. The van der Waals surface area contributed by atoms with E-state index >= 15 is 0 Å². The highest BCUT2D eigenvalue weighted by Gasteiger charge is 2.04. The minimum Gasteiger partial charge on any atom is -0.358 e. The summed E-state index contributed by atoms with van der Waals surface area (Å²) in [4.78, 5) is 2.25. The van der Waals surface area contributed by atoms with Crippen molar-refractivity contribution >= 4 is 29.2 Å². The molecule has 0 aliphatic heterocycles. The molecule has 0 amide bonds. The molecule has 0 fully saturated rings. The molecule has 108 valence electrons. The molecule has 0 bridgehead atoms. The third kappa shape index (κ3) is 14.0. The van der Waals surface area contributed by atoms with Crippen molar-refractivity contribution in [3.05, 3.63) is 13.2 Å². The number of thiol groups is 1. The fraction of sp³-hybridized carbons (Fsp3) is 0.800. The maximum absolute atomic E-state index is 5.16. The lowest BCUT2D eigenvalue weighted by Gasteiger charge is -2.22. The largest absolute Gasteiger partial charge is 0.358 e. The Hall–Kier alpha value is -0.0200. The minimum absolute atomic E-state index is 0.771. The van der Waals surface area contributed by atoms with Crippen LogP contribution in [0.25, 0.3) is 0 Å². The van der Waals surface area contributed by atoms with E-state index in [1.165, 1.54) is 51.4 Å². The number of nitrogens with zero attached hydrogens (tertiary/aromatic N) is 1. The second-order valence-electron chi connectivity index (χ2n) is 4.39. The third-order valence-corrected chi connectivity index (χ3v) is 3.37.